The van der Waals surface area contributed by atoms with Gasteiger partial charge in [-0.15, -0.1) is 5.10 Å². The lowest BCUT2D eigenvalue weighted by Crippen LogP contribution is -2.23. The van der Waals surface area contributed by atoms with E-state index in [2.05, 4.69) is 20.5 Å². The fraction of sp³-hybridized carbons (Fsp3) is 0.182. The molecular weight excluding hydrogens is 269 g/mol. The first kappa shape index (κ1) is 13.3. The molecule has 2 rings (SSSR count). The zero-order valence-electron chi connectivity index (χ0n) is 10.1. The van der Waals surface area contributed by atoms with E-state index in [1.165, 1.54) is 12.1 Å². The van der Waals surface area contributed by atoms with Crippen LogP contribution in [-0.4, -0.2) is 26.3 Å². The van der Waals surface area contributed by atoms with E-state index < -0.39 is 11.1 Å². The van der Waals surface area contributed by atoms with Gasteiger partial charge in [0.15, 0.2) is 0 Å². The average molecular weight is 281 g/mol. The second-order valence-corrected chi connectivity index (χ2v) is 5.04. The predicted octanol–water partition coefficient (Wildman–Crippen LogP) is 1.65. The number of amides is 1. The molecule has 1 aromatic heterocycles. The van der Waals surface area contributed by atoms with E-state index in [1.807, 2.05) is 0 Å². The number of hydrogen-bond acceptors (Lipinski definition) is 5. The lowest BCUT2D eigenvalue weighted by atomic mass is 10.3. The molecule has 1 aromatic carbocycles. The van der Waals surface area contributed by atoms with Crippen molar-refractivity contribution in [2.24, 2.45) is 0 Å². The number of thioether (sulfide) groups is 1. The van der Waals surface area contributed by atoms with Gasteiger partial charge in [0.05, 0.1) is 10.9 Å². The third kappa shape index (κ3) is 3.44. The number of aromatic amines is 1. The van der Waals surface area contributed by atoms with Crippen LogP contribution >= 0.6 is 11.8 Å². The topological polar surface area (TPSA) is 96.7 Å². The minimum Gasteiger partial charge on any atom is -0.368 e. The number of nitrogens with two attached hydrogens (primary N) is 1. The zero-order valence-corrected chi connectivity index (χ0v) is 10.9. The van der Waals surface area contributed by atoms with Crippen LogP contribution in [0.3, 0.4) is 0 Å². The highest BCUT2D eigenvalue weighted by molar-refractivity contribution is 8.00. The Hall–Kier alpha value is -2.09. The van der Waals surface area contributed by atoms with Crippen molar-refractivity contribution >= 4 is 29.3 Å². The SMILES string of the molecule is C[C@H](Sc1n[nH]c(N)n1)C(=O)Nc1ccccc1F. The number of nitrogens with zero attached hydrogens (tertiary/aromatic N) is 2. The maximum absolute atomic E-state index is 13.4. The molecule has 0 spiro atoms. The molecule has 0 aliphatic carbocycles. The molecule has 4 N–H and O–H groups in total. The standard InChI is InChI=1S/C11H12FN5OS/c1-6(19-11-15-10(13)16-17-11)9(18)14-8-5-3-2-4-7(8)12/h2-6H,1H3,(H,14,18)(H3,13,15,16,17)/t6-/m0/s1. The zero-order chi connectivity index (χ0) is 13.8. The van der Waals surface area contributed by atoms with E-state index in [-0.39, 0.29) is 17.5 Å². The number of nitrogens with one attached hydrogen (secondary N) is 2. The Morgan fingerprint density at radius 3 is 2.89 bits per heavy atom. The molecule has 1 atom stereocenters. The number of rotatable bonds is 4. The Labute approximate surface area is 113 Å². The van der Waals surface area contributed by atoms with Crippen LogP contribution in [0.1, 0.15) is 6.92 Å². The summed E-state index contributed by atoms with van der Waals surface area (Å²) in [5, 5.41) is 8.68. The number of benzene rings is 1. The van der Waals surface area contributed by atoms with Crippen molar-refractivity contribution < 1.29 is 9.18 Å². The lowest BCUT2D eigenvalue weighted by Gasteiger charge is -2.10. The molecule has 0 aliphatic rings. The van der Waals surface area contributed by atoms with Crippen molar-refractivity contribution in [1.29, 1.82) is 0 Å². The number of carbonyl (C=O) groups is 1. The van der Waals surface area contributed by atoms with Crippen LogP contribution in [0, 0.1) is 5.82 Å². The molecule has 0 aliphatic heterocycles. The van der Waals surface area contributed by atoms with E-state index >= 15 is 0 Å². The van der Waals surface area contributed by atoms with E-state index in [1.54, 1.807) is 19.1 Å². The number of nitrogen functional groups attached to an aromatic ring is 1. The number of aromatic nitrogens is 3. The summed E-state index contributed by atoms with van der Waals surface area (Å²) in [5.41, 5.74) is 5.53. The highest BCUT2D eigenvalue weighted by Gasteiger charge is 2.17. The number of halogens is 1. The summed E-state index contributed by atoms with van der Waals surface area (Å²) in [6.45, 7) is 1.67. The largest absolute Gasteiger partial charge is 0.368 e. The van der Waals surface area contributed by atoms with Crippen molar-refractivity contribution in [2.45, 2.75) is 17.3 Å². The minimum absolute atomic E-state index is 0.148. The Bertz CT molecular complexity index is 588. The van der Waals surface area contributed by atoms with Gasteiger partial charge in [-0.1, -0.05) is 23.9 Å². The van der Waals surface area contributed by atoms with Gasteiger partial charge in [0, 0.05) is 0 Å². The summed E-state index contributed by atoms with van der Waals surface area (Å²) in [6, 6.07) is 5.98. The lowest BCUT2D eigenvalue weighted by molar-refractivity contribution is -0.115. The molecule has 2 aromatic rings. The van der Waals surface area contributed by atoms with E-state index in [0.717, 1.165) is 11.8 Å². The van der Waals surface area contributed by atoms with E-state index in [4.69, 9.17) is 5.73 Å². The van der Waals surface area contributed by atoms with Gasteiger partial charge in [-0.05, 0) is 19.1 Å². The molecule has 0 unspecified atom stereocenters. The normalized spacial score (nSPS) is 12.1. The summed E-state index contributed by atoms with van der Waals surface area (Å²) < 4.78 is 13.4. The van der Waals surface area contributed by atoms with Gasteiger partial charge >= 0.3 is 0 Å². The van der Waals surface area contributed by atoms with Gasteiger partial charge in [0.2, 0.25) is 17.0 Å². The van der Waals surface area contributed by atoms with Crippen molar-refractivity contribution in [1.82, 2.24) is 15.2 Å². The molecule has 100 valence electrons. The van der Waals surface area contributed by atoms with E-state index in [9.17, 15) is 9.18 Å². The second kappa shape index (κ2) is 5.70. The molecule has 6 nitrogen and oxygen atoms in total. The molecular formula is C11H12FN5OS. The first-order valence-electron chi connectivity index (χ1n) is 5.46. The Balaban J connectivity index is 1.98. The van der Waals surface area contributed by atoms with Crippen LogP contribution in [0.25, 0.3) is 0 Å². The van der Waals surface area contributed by atoms with E-state index in [0.29, 0.717) is 5.16 Å². The molecule has 0 radical (unpaired) electrons. The van der Waals surface area contributed by atoms with Gasteiger partial charge in [0.1, 0.15) is 5.82 Å². The number of para-hydroxylation sites is 1. The smallest absolute Gasteiger partial charge is 0.237 e. The number of H-pyrrole nitrogens is 1. The third-order valence-corrected chi connectivity index (χ3v) is 3.23. The fourth-order valence-electron chi connectivity index (χ4n) is 1.32. The molecule has 19 heavy (non-hydrogen) atoms. The number of hydrogen-bond donors (Lipinski definition) is 3. The molecule has 8 heteroatoms. The predicted molar refractivity (Wildman–Crippen MR) is 71.1 cm³/mol. The van der Waals surface area contributed by atoms with Gasteiger partial charge in [-0.3, -0.25) is 4.79 Å². The average Bonchev–Trinajstić information content (AvgIpc) is 2.77. The second-order valence-electron chi connectivity index (χ2n) is 3.73. The maximum Gasteiger partial charge on any atom is 0.237 e. The minimum atomic E-state index is -0.477. The van der Waals surface area contributed by atoms with Crippen molar-refractivity contribution in [2.75, 3.05) is 11.1 Å². The van der Waals surface area contributed by atoms with Gasteiger partial charge < -0.3 is 11.1 Å². The van der Waals surface area contributed by atoms with Gasteiger partial charge in [-0.2, -0.15) is 4.98 Å². The van der Waals surface area contributed by atoms with Crippen LogP contribution in [0.2, 0.25) is 0 Å². The van der Waals surface area contributed by atoms with Crippen molar-refractivity contribution in [3.05, 3.63) is 30.1 Å². The van der Waals surface area contributed by atoms with Crippen LogP contribution < -0.4 is 11.1 Å². The first-order valence-corrected chi connectivity index (χ1v) is 6.34. The number of carbonyl (C=O) groups excluding carboxylic acids is 1. The van der Waals surface area contributed by atoms with Crippen LogP contribution in [0.15, 0.2) is 29.4 Å². The van der Waals surface area contributed by atoms with Gasteiger partial charge in [-0.25, -0.2) is 9.49 Å². The Kier molecular flexibility index (Phi) is 4.00. The van der Waals surface area contributed by atoms with Crippen LogP contribution in [0.5, 0.6) is 0 Å². The summed E-state index contributed by atoms with van der Waals surface area (Å²) in [4.78, 5) is 15.8. The fourth-order valence-corrected chi connectivity index (χ4v) is 2.05. The molecule has 0 bridgehead atoms. The van der Waals surface area contributed by atoms with Crippen LogP contribution in [0.4, 0.5) is 16.0 Å². The molecule has 0 fully saturated rings. The highest BCUT2D eigenvalue weighted by Crippen LogP contribution is 2.21. The summed E-state index contributed by atoms with van der Waals surface area (Å²) in [5.74, 6) is -0.627. The summed E-state index contributed by atoms with van der Waals surface area (Å²) in [7, 11) is 0. The summed E-state index contributed by atoms with van der Waals surface area (Å²) in [6.07, 6.45) is 0. The molecule has 1 amide bonds. The van der Waals surface area contributed by atoms with Gasteiger partial charge in [0.25, 0.3) is 0 Å². The highest BCUT2D eigenvalue weighted by atomic mass is 32.2. The maximum atomic E-state index is 13.4. The summed E-state index contributed by atoms with van der Waals surface area (Å²) >= 11 is 1.13. The molecule has 0 saturated carbocycles. The van der Waals surface area contributed by atoms with Crippen molar-refractivity contribution in [3.63, 3.8) is 0 Å². The Morgan fingerprint density at radius 1 is 1.53 bits per heavy atom. The molecule has 0 saturated heterocycles. The third-order valence-electron chi connectivity index (χ3n) is 2.27. The monoisotopic (exact) mass is 281 g/mol. The van der Waals surface area contributed by atoms with Crippen molar-refractivity contribution in [3.8, 4) is 0 Å². The quantitative estimate of drug-likeness (QED) is 0.740. The van der Waals surface area contributed by atoms with Crippen LogP contribution in [-0.2, 0) is 4.79 Å². The number of anilines is 2. The first-order chi connectivity index (χ1) is 9.06. The Morgan fingerprint density at radius 2 is 2.26 bits per heavy atom. The molecule has 1 heterocycles.